The molecule has 0 radical (unpaired) electrons. The predicted molar refractivity (Wildman–Crippen MR) is 42.9 cm³/mol. The van der Waals surface area contributed by atoms with Crippen molar-refractivity contribution in [1.29, 1.82) is 0 Å². The lowest BCUT2D eigenvalue weighted by atomic mass is 10.1. The largest absolute Gasteiger partial charge is 0.329 e. The Bertz CT molecular complexity index is 105. The molecule has 2 unspecified atom stereocenters. The van der Waals surface area contributed by atoms with Crippen LogP contribution >= 0.6 is 0 Å². The Kier molecular flexibility index (Phi) is 2.65. The number of hydrogen-bond acceptors (Lipinski definition) is 3. The molecule has 60 valence electrons. The Balaban J connectivity index is 2.42. The van der Waals surface area contributed by atoms with E-state index in [4.69, 9.17) is 5.73 Å². The molecule has 0 saturated carbocycles. The van der Waals surface area contributed by atoms with Crippen molar-refractivity contribution >= 4 is 0 Å². The zero-order valence-corrected chi connectivity index (χ0v) is 6.80. The molecule has 1 rings (SSSR count). The van der Waals surface area contributed by atoms with Gasteiger partial charge in [0.2, 0.25) is 0 Å². The van der Waals surface area contributed by atoms with Crippen molar-refractivity contribution in [2.45, 2.75) is 19.0 Å². The summed E-state index contributed by atoms with van der Waals surface area (Å²) < 4.78 is 0. The Morgan fingerprint density at radius 3 is 2.80 bits per heavy atom. The van der Waals surface area contributed by atoms with Crippen LogP contribution in [-0.2, 0) is 0 Å². The van der Waals surface area contributed by atoms with Gasteiger partial charge in [-0.05, 0) is 14.0 Å². The standard InChI is InChI=1S/C7H17N3/c1-6-4-9-5-7(3-8)10(6)2/h6-7,9H,3-5,8H2,1-2H3. The number of rotatable bonds is 1. The zero-order chi connectivity index (χ0) is 7.56. The van der Waals surface area contributed by atoms with Gasteiger partial charge < -0.3 is 11.1 Å². The van der Waals surface area contributed by atoms with Gasteiger partial charge in [0.25, 0.3) is 0 Å². The lowest BCUT2D eigenvalue weighted by molar-refractivity contribution is 0.145. The topological polar surface area (TPSA) is 41.3 Å². The first-order valence-corrected chi connectivity index (χ1v) is 3.88. The van der Waals surface area contributed by atoms with Gasteiger partial charge in [0.1, 0.15) is 0 Å². The van der Waals surface area contributed by atoms with Crippen molar-refractivity contribution in [2.75, 3.05) is 26.7 Å². The van der Waals surface area contributed by atoms with Crippen LogP contribution in [0.1, 0.15) is 6.92 Å². The highest BCUT2D eigenvalue weighted by Crippen LogP contribution is 2.04. The van der Waals surface area contributed by atoms with Gasteiger partial charge in [-0.25, -0.2) is 0 Å². The van der Waals surface area contributed by atoms with Crippen molar-refractivity contribution in [1.82, 2.24) is 10.2 Å². The van der Waals surface area contributed by atoms with Gasteiger partial charge in [-0.1, -0.05) is 0 Å². The summed E-state index contributed by atoms with van der Waals surface area (Å²) in [7, 11) is 2.14. The first kappa shape index (κ1) is 7.98. The minimum absolute atomic E-state index is 0.531. The highest BCUT2D eigenvalue weighted by atomic mass is 15.2. The van der Waals surface area contributed by atoms with Crippen LogP contribution in [0.5, 0.6) is 0 Å². The molecule has 1 fully saturated rings. The second kappa shape index (κ2) is 3.32. The SMILES string of the molecule is CC1CNCC(CN)N1C. The van der Waals surface area contributed by atoms with E-state index in [1.165, 1.54) is 0 Å². The van der Waals surface area contributed by atoms with E-state index in [-0.39, 0.29) is 0 Å². The molecule has 1 saturated heterocycles. The normalized spacial score (nSPS) is 36.3. The van der Waals surface area contributed by atoms with Crippen molar-refractivity contribution in [2.24, 2.45) is 5.73 Å². The van der Waals surface area contributed by atoms with Crippen molar-refractivity contribution in [3.8, 4) is 0 Å². The van der Waals surface area contributed by atoms with Crippen molar-refractivity contribution in [3.05, 3.63) is 0 Å². The summed E-state index contributed by atoms with van der Waals surface area (Å²) in [5, 5.41) is 3.34. The van der Waals surface area contributed by atoms with Gasteiger partial charge in [-0.15, -0.1) is 0 Å². The lowest BCUT2D eigenvalue weighted by Gasteiger charge is -2.37. The molecule has 0 amide bonds. The molecule has 3 heteroatoms. The molecule has 2 atom stereocenters. The number of nitrogens with zero attached hydrogens (tertiary/aromatic N) is 1. The minimum Gasteiger partial charge on any atom is -0.329 e. The molecule has 3 N–H and O–H groups in total. The van der Waals surface area contributed by atoms with Crippen LogP contribution < -0.4 is 11.1 Å². The summed E-state index contributed by atoms with van der Waals surface area (Å²) in [5.41, 5.74) is 5.57. The summed E-state index contributed by atoms with van der Waals surface area (Å²) in [6.07, 6.45) is 0. The Labute approximate surface area is 62.6 Å². The van der Waals surface area contributed by atoms with Gasteiger partial charge in [-0.2, -0.15) is 0 Å². The van der Waals surface area contributed by atoms with Crippen LogP contribution in [0.2, 0.25) is 0 Å². The molecular formula is C7H17N3. The summed E-state index contributed by atoms with van der Waals surface area (Å²) in [6, 6.07) is 1.16. The molecule has 0 aromatic rings. The number of nitrogens with one attached hydrogen (secondary N) is 1. The molecule has 1 aliphatic rings. The fourth-order valence-corrected chi connectivity index (χ4v) is 1.36. The van der Waals surface area contributed by atoms with Gasteiger partial charge in [-0.3, -0.25) is 4.90 Å². The quantitative estimate of drug-likeness (QED) is 0.507. The van der Waals surface area contributed by atoms with Crippen LogP contribution in [0.25, 0.3) is 0 Å². The molecule has 1 heterocycles. The maximum Gasteiger partial charge on any atom is 0.0343 e. The molecule has 0 aromatic carbocycles. The first-order valence-electron chi connectivity index (χ1n) is 3.88. The number of likely N-dealkylation sites (N-methyl/N-ethyl adjacent to an activating group) is 1. The third kappa shape index (κ3) is 1.48. The van der Waals surface area contributed by atoms with Crippen LogP contribution in [0.4, 0.5) is 0 Å². The highest BCUT2D eigenvalue weighted by molar-refractivity contribution is 4.82. The van der Waals surface area contributed by atoms with Crippen LogP contribution in [0, 0.1) is 0 Å². The van der Waals surface area contributed by atoms with Gasteiger partial charge in [0.05, 0.1) is 0 Å². The van der Waals surface area contributed by atoms with E-state index in [0.717, 1.165) is 19.6 Å². The van der Waals surface area contributed by atoms with Crippen molar-refractivity contribution < 1.29 is 0 Å². The minimum atomic E-state index is 0.531. The third-order valence-corrected chi connectivity index (χ3v) is 2.36. The van der Waals surface area contributed by atoms with E-state index >= 15 is 0 Å². The zero-order valence-electron chi connectivity index (χ0n) is 6.80. The second-order valence-electron chi connectivity index (χ2n) is 3.06. The maximum atomic E-state index is 5.57. The molecule has 1 aliphatic heterocycles. The molecule has 0 bridgehead atoms. The molecule has 0 aliphatic carbocycles. The monoisotopic (exact) mass is 143 g/mol. The lowest BCUT2D eigenvalue weighted by Crippen LogP contribution is -2.56. The van der Waals surface area contributed by atoms with Crippen LogP contribution in [-0.4, -0.2) is 43.7 Å². The molecule has 0 spiro atoms. The second-order valence-corrected chi connectivity index (χ2v) is 3.06. The molecule has 10 heavy (non-hydrogen) atoms. The summed E-state index contributed by atoms with van der Waals surface area (Å²) >= 11 is 0. The predicted octanol–water partition coefficient (Wildman–Crippen LogP) is -0.763. The Morgan fingerprint density at radius 2 is 2.30 bits per heavy atom. The fourth-order valence-electron chi connectivity index (χ4n) is 1.36. The van der Waals surface area contributed by atoms with E-state index < -0.39 is 0 Å². The van der Waals surface area contributed by atoms with E-state index in [0.29, 0.717) is 12.1 Å². The van der Waals surface area contributed by atoms with E-state index in [1.54, 1.807) is 0 Å². The van der Waals surface area contributed by atoms with Crippen LogP contribution in [0.15, 0.2) is 0 Å². The van der Waals surface area contributed by atoms with E-state index in [9.17, 15) is 0 Å². The van der Waals surface area contributed by atoms with Gasteiger partial charge in [0.15, 0.2) is 0 Å². The number of nitrogens with two attached hydrogens (primary N) is 1. The fraction of sp³-hybridized carbons (Fsp3) is 1.00. The molecule has 0 aromatic heterocycles. The maximum absolute atomic E-state index is 5.57. The molecule has 3 nitrogen and oxygen atoms in total. The number of hydrogen-bond donors (Lipinski definition) is 2. The third-order valence-electron chi connectivity index (χ3n) is 2.36. The van der Waals surface area contributed by atoms with E-state index in [1.807, 2.05) is 0 Å². The Morgan fingerprint density at radius 1 is 1.60 bits per heavy atom. The summed E-state index contributed by atoms with van der Waals surface area (Å²) in [5.74, 6) is 0. The van der Waals surface area contributed by atoms with Crippen LogP contribution in [0.3, 0.4) is 0 Å². The average molecular weight is 143 g/mol. The average Bonchev–Trinajstić information content (AvgIpc) is 1.95. The smallest absolute Gasteiger partial charge is 0.0343 e. The summed E-state index contributed by atoms with van der Waals surface area (Å²) in [4.78, 5) is 2.34. The van der Waals surface area contributed by atoms with E-state index in [2.05, 4.69) is 24.2 Å². The molecular weight excluding hydrogens is 126 g/mol. The van der Waals surface area contributed by atoms with Gasteiger partial charge in [0, 0.05) is 31.7 Å². The first-order chi connectivity index (χ1) is 4.75. The Hall–Kier alpha value is -0.120. The van der Waals surface area contributed by atoms with Gasteiger partial charge >= 0.3 is 0 Å². The summed E-state index contributed by atoms with van der Waals surface area (Å²) in [6.45, 7) is 5.10. The number of piperazine rings is 1. The highest BCUT2D eigenvalue weighted by Gasteiger charge is 2.22. The van der Waals surface area contributed by atoms with Crippen molar-refractivity contribution in [3.63, 3.8) is 0 Å².